The molecule has 0 aliphatic rings. The summed E-state index contributed by atoms with van der Waals surface area (Å²) in [4.78, 5) is 8.29. The lowest BCUT2D eigenvalue weighted by Crippen LogP contribution is -2.02. The molecule has 2 heterocycles. The monoisotopic (exact) mass is 282 g/mol. The van der Waals surface area contributed by atoms with E-state index in [2.05, 4.69) is 15.1 Å². The van der Waals surface area contributed by atoms with Crippen LogP contribution in [-0.2, 0) is 6.42 Å². The van der Waals surface area contributed by atoms with E-state index in [1.54, 1.807) is 18.5 Å². The molecule has 0 aliphatic carbocycles. The molecule has 2 aromatic heterocycles. The van der Waals surface area contributed by atoms with Crippen LogP contribution in [0.1, 0.15) is 5.82 Å². The lowest BCUT2D eigenvalue weighted by Gasteiger charge is -2.02. The highest BCUT2D eigenvalue weighted by Crippen LogP contribution is 2.18. The highest BCUT2D eigenvalue weighted by molar-refractivity contribution is 5.57. The van der Waals surface area contributed by atoms with E-state index >= 15 is 0 Å². The average molecular weight is 282 g/mol. The van der Waals surface area contributed by atoms with Crippen molar-refractivity contribution >= 4 is 5.69 Å². The first kappa shape index (κ1) is 13.1. The van der Waals surface area contributed by atoms with Crippen LogP contribution in [0.4, 0.5) is 5.69 Å². The van der Waals surface area contributed by atoms with Gasteiger partial charge in [-0.1, -0.05) is 23.4 Å². The van der Waals surface area contributed by atoms with Crippen LogP contribution in [0.25, 0.3) is 11.5 Å². The van der Waals surface area contributed by atoms with Gasteiger partial charge < -0.3 is 15.0 Å². The number of nitrogens with two attached hydrogens (primary N) is 1. The minimum Gasteiger partial charge on any atom is -0.493 e. The molecule has 0 saturated heterocycles. The second-order valence-electron chi connectivity index (χ2n) is 4.43. The number of benzene rings is 1. The van der Waals surface area contributed by atoms with Gasteiger partial charge in [0.25, 0.3) is 5.89 Å². The molecule has 21 heavy (non-hydrogen) atoms. The van der Waals surface area contributed by atoms with E-state index in [4.69, 9.17) is 15.0 Å². The van der Waals surface area contributed by atoms with Crippen LogP contribution in [0, 0.1) is 0 Å². The minimum absolute atomic E-state index is 0.407. The highest BCUT2D eigenvalue weighted by atomic mass is 16.5. The highest BCUT2D eigenvalue weighted by Gasteiger charge is 2.09. The third kappa shape index (κ3) is 3.36. The smallest absolute Gasteiger partial charge is 0.259 e. The summed E-state index contributed by atoms with van der Waals surface area (Å²) in [5.74, 6) is 1.81. The molecule has 0 spiro atoms. The SMILES string of the molecule is Nc1cncc(-c2nc(CCOc3ccccc3)no2)c1. The van der Waals surface area contributed by atoms with E-state index in [-0.39, 0.29) is 0 Å². The molecule has 0 aliphatic heterocycles. The van der Waals surface area contributed by atoms with Crippen molar-refractivity contribution < 1.29 is 9.26 Å². The fraction of sp³-hybridized carbons (Fsp3) is 0.133. The third-order valence-electron chi connectivity index (χ3n) is 2.81. The number of pyridine rings is 1. The summed E-state index contributed by atoms with van der Waals surface area (Å²) in [5, 5.41) is 3.92. The first-order valence-electron chi connectivity index (χ1n) is 6.52. The van der Waals surface area contributed by atoms with E-state index in [1.807, 2.05) is 30.3 Å². The van der Waals surface area contributed by atoms with Crippen LogP contribution < -0.4 is 10.5 Å². The van der Waals surface area contributed by atoms with Gasteiger partial charge in [-0.25, -0.2) is 0 Å². The van der Waals surface area contributed by atoms with Crippen molar-refractivity contribution in [2.45, 2.75) is 6.42 Å². The van der Waals surface area contributed by atoms with Crippen LogP contribution in [0.15, 0.2) is 53.3 Å². The van der Waals surface area contributed by atoms with Crippen LogP contribution in [0.3, 0.4) is 0 Å². The summed E-state index contributed by atoms with van der Waals surface area (Å²) >= 11 is 0. The maximum atomic E-state index is 5.67. The maximum absolute atomic E-state index is 5.67. The normalized spacial score (nSPS) is 10.5. The number of hydrogen-bond donors (Lipinski definition) is 1. The largest absolute Gasteiger partial charge is 0.493 e. The van der Waals surface area contributed by atoms with Crippen LogP contribution in [0.2, 0.25) is 0 Å². The number of nitrogen functional groups attached to an aromatic ring is 1. The molecule has 0 fully saturated rings. The van der Waals surface area contributed by atoms with Crippen molar-refractivity contribution in [1.29, 1.82) is 0 Å². The molecule has 106 valence electrons. The summed E-state index contributed by atoms with van der Waals surface area (Å²) in [6.45, 7) is 0.484. The lowest BCUT2D eigenvalue weighted by atomic mass is 10.2. The molecule has 6 nitrogen and oxygen atoms in total. The Bertz CT molecular complexity index is 712. The number of nitrogens with zero attached hydrogens (tertiary/aromatic N) is 3. The van der Waals surface area contributed by atoms with Crippen molar-refractivity contribution in [1.82, 2.24) is 15.1 Å². The number of hydrogen-bond acceptors (Lipinski definition) is 6. The van der Waals surface area contributed by atoms with Gasteiger partial charge in [0.15, 0.2) is 5.82 Å². The molecule has 0 bridgehead atoms. The number of para-hydroxylation sites is 1. The van der Waals surface area contributed by atoms with Crippen LogP contribution in [-0.4, -0.2) is 21.7 Å². The predicted octanol–water partition coefficient (Wildman–Crippen LogP) is 2.34. The van der Waals surface area contributed by atoms with Crippen molar-refractivity contribution in [3.05, 3.63) is 54.6 Å². The predicted molar refractivity (Wildman–Crippen MR) is 77.6 cm³/mol. The number of ether oxygens (including phenoxy) is 1. The van der Waals surface area contributed by atoms with Gasteiger partial charge in [-0.2, -0.15) is 4.98 Å². The van der Waals surface area contributed by atoms with Gasteiger partial charge in [-0.15, -0.1) is 0 Å². The molecule has 1 aromatic carbocycles. The Morgan fingerprint density at radius 1 is 1.14 bits per heavy atom. The summed E-state index contributed by atoms with van der Waals surface area (Å²) in [7, 11) is 0. The first-order chi connectivity index (χ1) is 10.3. The minimum atomic E-state index is 0.407. The molecule has 0 unspecified atom stereocenters. The molecular weight excluding hydrogens is 268 g/mol. The topological polar surface area (TPSA) is 87.1 Å². The van der Waals surface area contributed by atoms with Crippen LogP contribution in [0.5, 0.6) is 5.75 Å². The summed E-state index contributed by atoms with van der Waals surface area (Å²) in [6.07, 6.45) is 3.76. The van der Waals surface area contributed by atoms with Crippen molar-refractivity contribution in [2.75, 3.05) is 12.3 Å². The second kappa shape index (κ2) is 6.04. The number of anilines is 1. The Hall–Kier alpha value is -2.89. The zero-order valence-electron chi connectivity index (χ0n) is 11.3. The van der Waals surface area contributed by atoms with Gasteiger partial charge in [-0.3, -0.25) is 4.98 Å². The van der Waals surface area contributed by atoms with E-state index in [1.165, 1.54) is 0 Å². The molecule has 3 rings (SSSR count). The quantitative estimate of drug-likeness (QED) is 0.772. The fourth-order valence-corrected chi connectivity index (χ4v) is 1.82. The summed E-state index contributed by atoms with van der Waals surface area (Å²) < 4.78 is 10.8. The van der Waals surface area contributed by atoms with Gasteiger partial charge in [0.1, 0.15) is 5.75 Å². The zero-order valence-corrected chi connectivity index (χ0v) is 11.3. The fourth-order valence-electron chi connectivity index (χ4n) is 1.82. The number of aromatic nitrogens is 3. The molecule has 0 radical (unpaired) electrons. The molecule has 0 amide bonds. The van der Waals surface area contributed by atoms with E-state index in [0.29, 0.717) is 36.0 Å². The van der Waals surface area contributed by atoms with Gasteiger partial charge in [0.05, 0.1) is 17.9 Å². The first-order valence-corrected chi connectivity index (χ1v) is 6.52. The standard InChI is InChI=1S/C15H14N4O2/c16-12-8-11(9-17-10-12)15-18-14(19-21-15)6-7-20-13-4-2-1-3-5-13/h1-5,8-10H,6-7,16H2. The second-order valence-corrected chi connectivity index (χ2v) is 4.43. The van der Waals surface area contributed by atoms with Gasteiger partial charge >= 0.3 is 0 Å². The van der Waals surface area contributed by atoms with E-state index < -0.39 is 0 Å². The Morgan fingerprint density at radius 2 is 2.00 bits per heavy atom. The molecule has 2 N–H and O–H groups in total. The zero-order chi connectivity index (χ0) is 14.5. The third-order valence-corrected chi connectivity index (χ3v) is 2.81. The van der Waals surface area contributed by atoms with Crippen molar-refractivity contribution in [3.8, 4) is 17.2 Å². The Kier molecular flexibility index (Phi) is 3.77. The van der Waals surface area contributed by atoms with Crippen LogP contribution >= 0.6 is 0 Å². The van der Waals surface area contributed by atoms with Crippen molar-refractivity contribution in [2.24, 2.45) is 0 Å². The van der Waals surface area contributed by atoms with E-state index in [9.17, 15) is 0 Å². The molecular formula is C15H14N4O2. The van der Waals surface area contributed by atoms with Crippen molar-refractivity contribution in [3.63, 3.8) is 0 Å². The Labute approximate surface area is 121 Å². The summed E-state index contributed by atoms with van der Waals surface area (Å²) in [6, 6.07) is 11.3. The van der Waals surface area contributed by atoms with Gasteiger partial charge in [0.2, 0.25) is 0 Å². The van der Waals surface area contributed by atoms with Gasteiger partial charge in [0, 0.05) is 18.8 Å². The average Bonchev–Trinajstić information content (AvgIpc) is 2.97. The summed E-state index contributed by atoms with van der Waals surface area (Å²) in [5.41, 5.74) is 6.94. The molecule has 0 saturated carbocycles. The number of rotatable bonds is 5. The Morgan fingerprint density at radius 3 is 2.81 bits per heavy atom. The Balaban J connectivity index is 1.60. The maximum Gasteiger partial charge on any atom is 0.259 e. The molecule has 3 aromatic rings. The van der Waals surface area contributed by atoms with E-state index in [0.717, 1.165) is 5.75 Å². The lowest BCUT2D eigenvalue weighted by molar-refractivity contribution is 0.315. The molecule has 6 heteroatoms. The molecule has 0 atom stereocenters. The van der Waals surface area contributed by atoms with Gasteiger partial charge in [-0.05, 0) is 18.2 Å².